The van der Waals surface area contributed by atoms with Crippen LogP contribution in [0.4, 0.5) is 4.39 Å². The van der Waals surface area contributed by atoms with E-state index in [1.54, 1.807) is 34.6 Å². The molecular formula is C23H19FN4OS. The smallest absolute Gasteiger partial charge is 0.253 e. The number of benzene rings is 2. The third kappa shape index (κ3) is 3.73. The number of fused-ring (bicyclic) bond motifs is 2. The van der Waals surface area contributed by atoms with E-state index in [1.807, 2.05) is 0 Å². The maximum atomic E-state index is 13.2. The highest BCUT2D eigenvalue weighted by Gasteiger charge is 2.28. The lowest BCUT2D eigenvalue weighted by Gasteiger charge is -2.23. The summed E-state index contributed by atoms with van der Waals surface area (Å²) in [4.78, 5) is 21.9. The fourth-order valence-corrected chi connectivity index (χ4v) is 4.51. The largest absolute Gasteiger partial charge is 0.294 e. The summed E-state index contributed by atoms with van der Waals surface area (Å²) in [6.45, 7) is 2.07. The second kappa shape index (κ2) is 7.65. The number of thioether (sulfide) groups is 1. The van der Waals surface area contributed by atoms with E-state index in [4.69, 9.17) is 0 Å². The maximum Gasteiger partial charge on any atom is 0.253 e. The molecule has 0 fully saturated rings. The lowest BCUT2D eigenvalue weighted by Crippen LogP contribution is -2.21. The highest BCUT2D eigenvalue weighted by molar-refractivity contribution is 7.98. The Morgan fingerprint density at radius 1 is 1.07 bits per heavy atom. The molecule has 5 rings (SSSR count). The van der Waals surface area contributed by atoms with Gasteiger partial charge in [0.25, 0.3) is 5.78 Å². The molecule has 1 aliphatic rings. The van der Waals surface area contributed by atoms with Gasteiger partial charge in [-0.25, -0.2) is 13.9 Å². The first-order chi connectivity index (χ1) is 14.5. The number of ketones is 1. The molecule has 2 aromatic carbocycles. The van der Waals surface area contributed by atoms with Crippen LogP contribution in [0, 0.1) is 12.7 Å². The number of hydrogen-bond donors (Lipinski definition) is 0. The molecule has 0 radical (unpaired) electrons. The number of carbonyl (C=O) groups excluding carboxylic acids is 1. The first-order valence-corrected chi connectivity index (χ1v) is 10.8. The monoisotopic (exact) mass is 418 g/mol. The quantitative estimate of drug-likeness (QED) is 0.447. The lowest BCUT2D eigenvalue weighted by atomic mass is 9.82. The minimum Gasteiger partial charge on any atom is -0.294 e. The van der Waals surface area contributed by atoms with Crippen molar-refractivity contribution in [2.75, 3.05) is 0 Å². The van der Waals surface area contributed by atoms with Crippen molar-refractivity contribution < 1.29 is 9.18 Å². The number of aromatic nitrogens is 4. The molecular weight excluding hydrogens is 399 g/mol. The van der Waals surface area contributed by atoms with Crippen LogP contribution in [0.5, 0.6) is 0 Å². The highest BCUT2D eigenvalue weighted by Crippen LogP contribution is 2.32. The molecule has 0 bridgehead atoms. The van der Waals surface area contributed by atoms with Crippen molar-refractivity contribution in [1.29, 1.82) is 0 Å². The van der Waals surface area contributed by atoms with Crippen molar-refractivity contribution in [3.63, 3.8) is 0 Å². The SMILES string of the molecule is Cc1ccc(CSc2nc3nc4c(cn3n2)C(=O)CC(c2ccc(F)cc2)C4)cc1. The molecule has 5 nitrogen and oxygen atoms in total. The minimum absolute atomic E-state index is 0.00106. The Labute approximate surface area is 177 Å². The number of rotatable bonds is 4. The number of carbonyl (C=O) groups is 1. The van der Waals surface area contributed by atoms with Crippen LogP contribution in [0.3, 0.4) is 0 Å². The second-order valence-electron chi connectivity index (χ2n) is 7.59. The van der Waals surface area contributed by atoms with E-state index in [2.05, 4.69) is 46.3 Å². The van der Waals surface area contributed by atoms with E-state index in [9.17, 15) is 9.18 Å². The first-order valence-electron chi connectivity index (χ1n) is 9.78. The Kier molecular flexibility index (Phi) is 4.83. The maximum absolute atomic E-state index is 13.2. The van der Waals surface area contributed by atoms with Crippen LogP contribution in [-0.4, -0.2) is 25.4 Å². The molecule has 0 amide bonds. The Hall–Kier alpha value is -3.06. The van der Waals surface area contributed by atoms with Crippen LogP contribution in [-0.2, 0) is 12.2 Å². The summed E-state index contributed by atoms with van der Waals surface area (Å²) in [6.07, 6.45) is 2.75. The molecule has 0 aliphatic heterocycles. The van der Waals surface area contributed by atoms with Crippen LogP contribution in [0.15, 0.2) is 59.9 Å². The van der Waals surface area contributed by atoms with E-state index in [-0.39, 0.29) is 17.5 Å². The summed E-state index contributed by atoms with van der Waals surface area (Å²) in [5.74, 6) is 1.01. The summed E-state index contributed by atoms with van der Waals surface area (Å²) >= 11 is 1.54. The molecule has 2 heterocycles. The molecule has 30 heavy (non-hydrogen) atoms. The fourth-order valence-electron chi connectivity index (χ4n) is 3.73. The van der Waals surface area contributed by atoms with Crippen molar-refractivity contribution in [2.45, 2.75) is 36.6 Å². The molecule has 0 spiro atoms. The summed E-state index contributed by atoms with van der Waals surface area (Å²) in [7, 11) is 0. The van der Waals surface area contributed by atoms with Gasteiger partial charge in [0.2, 0.25) is 5.16 Å². The highest BCUT2D eigenvalue weighted by atomic mass is 32.2. The second-order valence-corrected chi connectivity index (χ2v) is 8.54. The van der Waals surface area contributed by atoms with Gasteiger partial charge in [-0.3, -0.25) is 4.79 Å². The van der Waals surface area contributed by atoms with Crippen molar-refractivity contribution in [1.82, 2.24) is 19.6 Å². The number of halogens is 1. The molecule has 0 saturated carbocycles. The van der Waals surface area contributed by atoms with Gasteiger partial charge in [-0.2, -0.15) is 4.98 Å². The van der Waals surface area contributed by atoms with E-state index in [1.165, 1.54) is 23.3 Å². The van der Waals surface area contributed by atoms with Gasteiger partial charge in [-0.15, -0.1) is 5.10 Å². The Bertz CT molecular complexity index is 1230. The topological polar surface area (TPSA) is 60.1 Å². The predicted octanol–water partition coefficient (Wildman–Crippen LogP) is 4.78. The zero-order chi connectivity index (χ0) is 20.7. The zero-order valence-electron chi connectivity index (χ0n) is 16.4. The van der Waals surface area contributed by atoms with Gasteiger partial charge in [-0.05, 0) is 42.5 Å². The number of aryl methyl sites for hydroxylation is 1. The summed E-state index contributed by atoms with van der Waals surface area (Å²) in [6, 6.07) is 14.7. The van der Waals surface area contributed by atoms with Gasteiger partial charge in [0.1, 0.15) is 5.82 Å². The molecule has 150 valence electrons. The van der Waals surface area contributed by atoms with Crippen LogP contribution in [0.2, 0.25) is 0 Å². The number of hydrogen-bond acceptors (Lipinski definition) is 5. The van der Waals surface area contributed by atoms with Gasteiger partial charge in [0.15, 0.2) is 5.78 Å². The molecule has 4 aromatic rings. The minimum atomic E-state index is -0.278. The Balaban J connectivity index is 1.39. The molecule has 0 N–H and O–H groups in total. The van der Waals surface area contributed by atoms with Crippen LogP contribution in [0.1, 0.15) is 45.1 Å². The summed E-state index contributed by atoms with van der Waals surface area (Å²) in [5, 5.41) is 5.12. The molecule has 1 unspecified atom stereocenters. The van der Waals surface area contributed by atoms with Gasteiger partial charge < -0.3 is 0 Å². The average Bonchev–Trinajstić information content (AvgIpc) is 3.14. The summed E-state index contributed by atoms with van der Waals surface area (Å²) < 4.78 is 14.8. The average molecular weight is 418 g/mol. The normalized spacial score (nSPS) is 16.1. The molecule has 1 aliphatic carbocycles. The standard InChI is InChI=1S/C23H19FN4OS/c1-14-2-4-15(5-3-14)13-30-23-26-22-25-20-10-17(16-6-8-18(24)9-7-16)11-21(29)19(20)12-28(22)27-23/h2-9,12,17H,10-11,13H2,1H3. The number of Topliss-reactive ketones (excluding diaryl/α,β-unsaturated/α-hetero) is 1. The van der Waals surface area contributed by atoms with Gasteiger partial charge in [-0.1, -0.05) is 53.7 Å². The van der Waals surface area contributed by atoms with E-state index >= 15 is 0 Å². The summed E-state index contributed by atoms with van der Waals surface area (Å²) in [5.41, 5.74) is 4.71. The van der Waals surface area contributed by atoms with E-state index in [0.29, 0.717) is 29.3 Å². The number of nitrogens with zero attached hydrogens (tertiary/aromatic N) is 4. The van der Waals surface area contributed by atoms with Crippen LogP contribution in [0.25, 0.3) is 5.78 Å². The van der Waals surface area contributed by atoms with E-state index < -0.39 is 0 Å². The molecule has 0 saturated heterocycles. The third-order valence-corrected chi connectivity index (χ3v) is 6.30. The third-order valence-electron chi connectivity index (χ3n) is 5.39. The van der Waals surface area contributed by atoms with Crippen molar-refractivity contribution in [2.24, 2.45) is 0 Å². The fraction of sp³-hybridized carbons (Fsp3) is 0.217. The molecule has 2 aromatic heterocycles. The van der Waals surface area contributed by atoms with Gasteiger partial charge in [0.05, 0.1) is 11.3 Å². The molecule has 7 heteroatoms. The first kappa shape index (κ1) is 18.9. The van der Waals surface area contributed by atoms with Crippen molar-refractivity contribution in [3.05, 3.63) is 88.5 Å². The van der Waals surface area contributed by atoms with Crippen LogP contribution < -0.4 is 0 Å². The Morgan fingerprint density at radius 3 is 2.60 bits per heavy atom. The van der Waals surface area contributed by atoms with Crippen molar-refractivity contribution >= 4 is 23.3 Å². The molecule has 1 atom stereocenters. The van der Waals surface area contributed by atoms with Gasteiger partial charge >= 0.3 is 0 Å². The van der Waals surface area contributed by atoms with Gasteiger partial charge in [0, 0.05) is 18.4 Å². The lowest BCUT2D eigenvalue weighted by molar-refractivity contribution is 0.0962. The Morgan fingerprint density at radius 2 is 1.83 bits per heavy atom. The van der Waals surface area contributed by atoms with Crippen molar-refractivity contribution in [3.8, 4) is 0 Å². The zero-order valence-corrected chi connectivity index (χ0v) is 17.2. The van der Waals surface area contributed by atoms with Crippen LogP contribution >= 0.6 is 11.8 Å². The van der Waals surface area contributed by atoms with E-state index in [0.717, 1.165) is 17.0 Å². The predicted molar refractivity (Wildman–Crippen MR) is 113 cm³/mol.